The minimum absolute atomic E-state index is 0.0107. The van der Waals surface area contributed by atoms with E-state index in [0.717, 1.165) is 6.07 Å². The normalized spacial score (nSPS) is 25.9. The quantitative estimate of drug-likeness (QED) is 0.199. The van der Waals surface area contributed by atoms with E-state index >= 15 is 0 Å². The second-order valence-corrected chi connectivity index (χ2v) is 10.2. The molecule has 10 nitrogen and oxygen atoms in total. The van der Waals surface area contributed by atoms with Crippen LogP contribution in [0.3, 0.4) is 0 Å². The molecule has 0 amide bonds. The molecule has 3 aliphatic heterocycles. The van der Waals surface area contributed by atoms with Crippen molar-refractivity contribution in [2.24, 2.45) is 0 Å². The van der Waals surface area contributed by atoms with Crippen LogP contribution in [-0.4, -0.2) is 48.0 Å². The molecule has 4 aromatic carbocycles. The summed E-state index contributed by atoms with van der Waals surface area (Å²) >= 11 is 0. The molecule has 5 atom stereocenters. The third-order valence-electron chi connectivity index (χ3n) is 7.82. The Balaban J connectivity index is 1.47. The van der Waals surface area contributed by atoms with Gasteiger partial charge in [-0.25, -0.2) is 0 Å². The molecule has 0 aromatic heterocycles. The molecule has 7 rings (SSSR count). The summed E-state index contributed by atoms with van der Waals surface area (Å²) in [6.07, 6.45) is -3.38. The second-order valence-electron chi connectivity index (χ2n) is 10.2. The second kappa shape index (κ2) is 8.35. The maximum atomic E-state index is 11.9. The smallest absolute Gasteiger partial charge is 0.305 e. The van der Waals surface area contributed by atoms with Crippen molar-refractivity contribution in [1.29, 1.82) is 0 Å². The number of rotatable bonds is 2. The Hall–Kier alpha value is -4.80. The average molecular weight is 545 g/mol. The van der Waals surface area contributed by atoms with Gasteiger partial charge in [0.2, 0.25) is 0 Å². The first-order valence-electron chi connectivity index (χ1n) is 12.6. The van der Waals surface area contributed by atoms with Crippen LogP contribution in [0.5, 0.6) is 46.0 Å². The van der Waals surface area contributed by atoms with Crippen LogP contribution in [0.2, 0.25) is 0 Å². The third kappa shape index (κ3) is 3.36. The van der Waals surface area contributed by atoms with Crippen molar-refractivity contribution in [2.75, 3.05) is 0 Å². The van der Waals surface area contributed by atoms with Gasteiger partial charge in [-0.3, -0.25) is 0 Å². The molecule has 0 saturated carbocycles. The Morgan fingerprint density at radius 2 is 1.30 bits per heavy atom. The fourth-order valence-electron chi connectivity index (χ4n) is 5.99. The van der Waals surface area contributed by atoms with Crippen molar-refractivity contribution in [3.05, 3.63) is 94.5 Å². The van der Waals surface area contributed by atoms with E-state index in [1.807, 2.05) is 0 Å². The highest BCUT2D eigenvalue weighted by Gasteiger charge is 2.60. The van der Waals surface area contributed by atoms with Gasteiger partial charge in [0.25, 0.3) is 0 Å². The molecule has 3 unspecified atom stereocenters. The monoisotopic (exact) mass is 544 g/mol. The molecule has 0 saturated heterocycles. The molecule has 2 bridgehead atoms. The van der Waals surface area contributed by atoms with Crippen LogP contribution in [-0.2, 0) is 12.2 Å². The van der Waals surface area contributed by atoms with Crippen LogP contribution in [0.25, 0.3) is 0 Å². The first kappa shape index (κ1) is 24.3. The van der Waals surface area contributed by atoms with Crippen LogP contribution in [0.1, 0.15) is 39.8 Å². The van der Waals surface area contributed by atoms with Crippen molar-refractivity contribution in [3.63, 3.8) is 0 Å². The van der Waals surface area contributed by atoms with Crippen LogP contribution < -0.4 is 14.2 Å². The minimum Gasteiger partial charge on any atom is -0.508 e. The standard InChI is InChI=1S/C30H24O10/c31-15-5-1-13(2-6-15)27-21(36)11-18-19(34)12-23-25(28(18)38-27)26-24-20(35)9-17(33)10-22(24)39-30(40-23,29(26)37)14-3-7-16(32)8-4-14/h1-10,12,21,26-27,29,31-37H,11H2/t21?,26?,27-,29+,30?/m1/s1. The van der Waals surface area contributed by atoms with E-state index in [1.165, 1.54) is 48.5 Å². The lowest BCUT2D eigenvalue weighted by atomic mass is 9.74. The molecule has 0 fully saturated rings. The van der Waals surface area contributed by atoms with E-state index in [2.05, 4.69) is 0 Å². The van der Waals surface area contributed by atoms with Crippen LogP contribution in [0.15, 0.2) is 66.7 Å². The van der Waals surface area contributed by atoms with Gasteiger partial charge in [-0.05, 0) is 42.0 Å². The summed E-state index contributed by atoms with van der Waals surface area (Å²) in [7, 11) is 0. The minimum atomic E-state index is -1.89. The number of hydrogen-bond acceptors (Lipinski definition) is 10. The highest BCUT2D eigenvalue weighted by molar-refractivity contribution is 5.67. The number of benzene rings is 4. The zero-order chi connectivity index (χ0) is 27.9. The molecular formula is C30H24O10. The van der Waals surface area contributed by atoms with Crippen molar-refractivity contribution in [1.82, 2.24) is 0 Å². The fourth-order valence-corrected chi connectivity index (χ4v) is 5.99. The number of aliphatic hydroxyl groups excluding tert-OH is 2. The Bertz CT molecular complexity index is 1650. The van der Waals surface area contributed by atoms with E-state index in [1.54, 1.807) is 12.1 Å². The zero-order valence-electron chi connectivity index (χ0n) is 20.7. The van der Waals surface area contributed by atoms with Crippen LogP contribution in [0, 0.1) is 0 Å². The van der Waals surface area contributed by atoms with Gasteiger partial charge in [0.1, 0.15) is 58.2 Å². The topological polar surface area (TPSA) is 169 Å². The van der Waals surface area contributed by atoms with Gasteiger partial charge in [-0.1, -0.05) is 12.1 Å². The number of phenols is 5. The molecule has 4 aromatic rings. The number of phenolic OH excluding ortho intramolecular Hbond substituents is 5. The Kier molecular flexibility index (Phi) is 5.06. The molecular weight excluding hydrogens is 520 g/mol. The van der Waals surface area contributed by atoms with Crippen molar-refractivity contribution < 1.29 is 50.0 Å². The molecule has 0 spiro atoms. The van der Waals surface area contributed by atoms with E-state index in [0.29, 0.717) is 22.3 Å². The molecule has 204 valence electrons. The van der Waals surface area contributed by atoms with Crippen LogP contribution in [0.4, 0.5) is 0 Å². The highest BCUT2D eigenvalue weighted by Crippen LogP contribution is 2.62. The summed E-state index contributed by atoms with van der Waals surface area (Å²) < 4.78 is 18.9. The van der Waals surface area contributed by atoms with Gasteiger partial charge < -0.3 is 50.0 Å². The molecule has 3 aliphatic rings. The van der Waals surface area contributed by atoms with Gasteiger partial charge >= 0.3 is 5.79 Å². The van der Waals surface area contributed by atoms with Gasteiger partial charge in [0.05, 0.1) is 12.0 Å². The summed E-state index contributed by atoms with van der Waals surface area (Å²) in [5.74, 6) is -3.36. The SMILES string of the molecule is Oc1ccc([C@H]2Oc3c(c(O)cc4c3C3c5c(O)cc(O)cc5OC(c5ccc(O)cc5)(O4)[C@H]3O)CC2O)cc1. The lowest BCUT2D eigenvalue weighted by Gasteiger charge is -2.50. The zero-order valence-corrected chi connectivity index (χ0v) is 20.7. The summed E-state index contributed by atoms with van der Waals surface area (Å²) in [6, 6.07) is 15.8. The van der Waals surface area contributed by atoms with Crippen LogP contribution >= 0.6 is 0 Å². The van der Waals surface area contributed by atoms with Gasteiger partial charge in [-0.2, -0.15) is 0 Å². The van der Waals surface area contributed by atoms with Crippen molar-refractivity contribution in [3.8, 4) is 46.0 Å². The first-order chi connectivity index (χ1) is 19.2. The van der Waals surface area contributed by atoms with E-state index < -0.39 is 30.0 Å². The molecule has 0 radical (unpaired) electrons. The lowest BCUT2D eigenvalue weighted by molar-refractivity contribution is -0.219. The summed E-state index contributed by atoms with van der Waals surface area (Å²) in [4.78, 5) is 0. The summed E-state index contributed by atoms with van der Waals surface area (Å²) in [5, 5.41) is 74.7. The number of aliphatic hydroxyl groups is 2. The number of hydrogen-bond donors (Lipinski definition) is 7. The largest absolute Gasteiger partial charge is 0.508 e. The first-order valence-corrected chi connectivity index (χ1v) is 12.6. The van der Waals surface area contributed by atoms with Crippen molar-refractivity contribution in [2.45, 2.75) is 36.4 Å². The predicted octanol–water partition coefficient (Wildman–Crippen LogP) is 3.38. The lowest BCUT2D eigenvalue weighted by Crippen LogP contribution is -2.57. The Morgan fingerprint density at radius 1 is 0.675 bits per heavy atom. The number of aromatic hydroxyl groups is 5. The maximum absolute atomic E-state index is 11.9. The van der Waals surface area contributed by atoms with Gasteiger partial charge in [-0.15, -0.1) is 0 Å². The fraction of sp³-hybridized carbons (Fsp3) is 0.200. The summed E-state index contributed by atoms with van der Waals surface area (Å²) in [6.45, 7) is 0. The maximum Gasteiger partial charge on any atom is 0.305 e. The third-order valence-corrected chi connectivity index (χ3v) is 7.82. The number of fused-ring (bicyclic) bond motifs is 8. The molecule has 10 heteroatoms. The van der Waals surface area contributed by atoms with E-state index in [9.17, 15) is 35.7 Å². The van der Waals surface area contributed by atoms with E-state index in [-0.39, 0.29) is 58.0 Å². The Labute approximate surface area is 227 Å². The molecule has 3 heterocycles. The predicted molar refractivity (Wildman–Crippen MR) is 138 cm³/mol. The van der Waals surface area contributed by atoms with Gasteiger partial charge in [0, 0.05) is 46.9 Å². The Morgan fingerprint density at radius 3 is 1.98 bits per heavy atom. The summed E-state index contributed by atoms with van der Waals surface area (Å²) in [5.41, 5.74) is 1.69. The average Bonchev–Trinajstić information content (AvgIpc) is 2.90. The van der Waals surface area contributed by atoms with Crippen molar-refractivity contribution >= 4 is 0 Å². The number of ether oxygens (including phenoxy) is 3. The highest BCUT2D eigenvalue weighted by atomic mass is 16.7. The van der Waals surface area contributed by atoms with Gasteiger partial charge in [0.15, 0.2) is 0 Å². The molecule has 40 heavy (non-hydrogen) atoms. The molecule has 7 N–H and O–H groups in total. The van der Waals surface area contributed by atoms with E-state index in [4.69, 9.17) is 14.2 Å². The molecule has 0 aliphatic carbocycles.